The number of unbranched alkanes of at least 4 members (excludes halogenated alkanes) is 46. The zero-order valence-corrected chi connectivity index (χ0v) is 67.5. The van der Waals surface area contributed by atoms with Gasteiger partial charge >= 0.3 is 39.5 Å². The third kappa shape index (κ3) is 73.0. The van der Waals surface area contributed by atoms with Gasteiger partial charge in [-0.15, -0.1) is 0 Å². The number of hydrogen-bond acceptors (Lipinski definition) is 15. The molecule has 3 N–H and O–H groups in total. The molecule has 0 saturated heterocycles. The molecule has 0 rings (SSSR count). The number of carbonyl (C=O) groups excluding carboxylic acids is 4. The molecule has 100 heavy (non-hydrogen) atoms. The van der Waals surface area contributed by atoms with Crippen molar-refractivity contribution in [3.8, 4) is 0 Å². The monoisotopic (exact) mass is 1470 g/mol. The van der Waals surface area contributed by atoms with Crippen LogP contribution in [0, 0.1) is 17.8 Å². The largest absolute Gasteiger partial charge is 0.472 e. The number of aliphatic hydroxyl groups is 1. The van der Waals surface area contributed by atoms with Crippen molar-refractivity contribution in [3.05, 3.63) is 0 Å². The molecule has 0 aromatic heterocycles. The number of esters is 4. The second-order valence-electron chi connectivity index (χ2n) is 30.4. The molecule has 0 aliphatic carbocycles. The first-order valence-corrected chi connectivity index (χ1v) is 44.9. The molecule has 0 aliphatic heterocycles. The van der Waals surface area contributed by atoms with E-state index in [1.165, 1.54) is 225 Å². The van der Waals surface area contributed by atoms with Crippen LogP contribution in [0.25, 0.3) is 0 Å². The van der Waals surface area contributed by atoms with Gasteiger partial charge in [0, 0.05) is 25.7 Å². The molecule has 0 aliphatic rings. The molecule has 0 radical (unpaired) electrons. The van der Waals surface area contributed by atoms with Crippen molar-refractivity contribution in [3.63, 3.8) is 0 Å². The number of ether oxygens (including phenoxy) is 4. The molecule has 0 aromatic carbocycles. The Morgan fingerprint density at radius 3 is 0.760 bits per heavy atom. The second-order valence-corrected chi connectivity index (χ2v) is 33.3. The molecule has 0 heterocycles. The van der Waals surface area contributed by atoms with Gasteiger partial charge in [-0.1, -0.05) is 370 Å². The van der Waals surface area contributed by atoms with Crippen LogP contribution in [-0.4, -0.2) is 96.7 Å². The molecule has 0 saturated carbocycles. The summed E-state index contributed by atoms with van der Waals surface area (Å²) < 4.78 is 68.7. The molecule has 0 bridgehead atoms. The Hall–Kier alpha value is -1.94. The lowest BCUT2D eigenvalue weighted by molar-refractivity contribution is -0.161. The minimum absolute atomic E-state index is 0.104. The van der Waals surface area contributed by atoms with E-state index in [2.05, 4.69) is 48.5 Å². The molecule has 17 nitrogen and oxygen atoms in total. The smallest absolute Gasteiger partial charge is 0.462 e. The normalized spacial score (nSPS) is 14.2. The van der Waals surface area contributed by atoms with Crippen LogP contribution in [0.2, 0.25) is 0 Å². The molecule has 0 fully saturated rings. The van der Waals surface area contributed by atoms with Gasteiger partial charge in [0.25, 0.3) is 0 Å². The summed E-state index contributed by atoms with van der Waals surface area (Å²) >= 11 is 0. The lowest BCUT2D eigenvalue weighted by atomic mass is 10.00. The van der Waals surface area contributed by atoms with Crippen LogP contribution >= 0.6 is 15.6 Å². The topological polar surface area (TPSA) is 237 Å². The maximum atomic E-state index is 13.1. The summed E-state index contributed by atoms with van der Waals surface area (Å²) in [5.41, 5.74) is 0. The highest BCUT2D eigenvalue weighted by Gasteiger charge is 2.30. The van der Waals surface area contributed by atoms with Gasteiger partial charge in [-0.25, -0.2) is 9.13 Å². The van der Waals surface area contributed by atoms with E-state index in [4.69, 9.17) is 37.0 Å². The number of phosphoric acid groups is 2. The zero-order valence-electron chi connectivity index (χ0n) is 65.7. The summed E-state index contributed by atoms with van der Waals surface area (Å²) in [4.78, 5) is 73.0. The lowest BCUT2D eigenvalue weighted by Crippen LogP contribution is -2.30. The van der Waals surface area contributed by atoms with Crippen molar-refractivity contribution < 1.29 is 80.2 Å². The fourth-order valence-corrected chi connectivity index (χ4v) is 14.0. The Balaban J connectivity index is 5.21. The Bertz CT molecular complexity index is 1940. The molecule has 594 valence electrons. The van der Waals surface area contributed by atoms with Crippen molar-refractivity contribution in [2.75, 3.05) is 39.6 Å². The number of rotatable bonds is 79. The number of phosphoric ester groups is 2. The van der Waals surface area contributed by atoms with E-state index < -0.39 is 97.5 Å². The first kappa shape index (κ1) is 98.1. The van der Waals surface area contributed by atoms with Crippen LogP contribution in [0.5, 0.6) is 0 Å². The predicted molar refractivity (Wildman–Crippen MR) is 409 cm³/mol. The molecule has 19 heteroatoms. The molecule has 0 amide bonds. The Morgan fingerprint density at radius 2 is 0.510 bits per heavy atom. The van der Waals surface area contributed by atoms with Crippen molar-refractivity contribution >= 4 is 39.5 Å². The van der Waals surface area contributed by atoms with Crippen LogP contribution in [-0.2, 0) is 65.4 Å². The van der Waals surface area contributed by atoms with Gasteiger partial charge in [0.2, 0.25) is 0 Å². The lowest BCUT2D eigenvalue weighted by Gasteiger charge is -2.21. The molecule has 0 spiro atoms. The molecule has 3 unspecified atom stereocenters. The van der Waals surface area contributed by atoms with Crippen molar-refractivity contribution in [2.45, 2.75) is 439 Å². The van der Waals surface area contributed by atoms with E-state index in [0.717, 1.165) is 114 Å². The minimum Gasteiger partial charge on any atom is -0.462 e. The first-order chi connectivity index (χ1) is 48.3. The van der Waals surface area contributed by atoms with Gasteiger partial charge in [-0.3, -0.25) is 37.3 Å². The fraction of sp³-hybridized carbons (Fsp3) is 0.951. The van der Waals surface area contributed by atoms with Crippen LogP contribution in [0.15, 0.2) is 0 Å². The van der Waals surface area contributed by atoms with Crippen molar-refractivity contribution in [1.82, 2.24) is 0 Å². The number of carbonyl (C=O) groups is 4. The third-order valence-corrected chi connectivity index (χ3v) is 21.1. The quantitative estimate of drug-likeness (QED) is 0.0222. The van der Waals surface area contributed by atoms with Gasteiger partial charge < -0.3 is 33.8 Å². The maximum absolute atomic E-state index is 13.1. The Morgan fingerprint density at radius 1 is 0.290 bits per heavy atom. The highest BCUT2D eigenvalue weighted by atomic mass is 31.2. The van der Waals surface area contributed by atoms with Crippen LogP contribution < -0.4 is 0 Å². The first-order valence-electron chi connectivity index (χ1n) is 41.9. The van der Waals surface area contributed by atoms with Crippen LogP contribution in [0.3, 0.4) is 0 Å². The summed E-state index contributed by atoms with van der Waals surface area (Å²) in [5.74, 6) is 0.140. The molecule has 0 aromatic rings. The zero-order chi connectivity index (χ0) is 73.7. The minimum atomic E-state index is -4.96. The number of hydrogen-bond donors (Lipinski definition) is 3. The molecular weight excluding hydrogens is 1310 g/mol. The van der Waals surface area contributed by atoms with Gasteiger partial charge in [0.05, 0.1) is 26.4 Å². The summed E-state index contributed by atoms with van der Waals surface area (Å²) in [6.45, 7) is 11.9. The predicted octanol–water partition coefficient (Wildman–Crippen LogP) is 24.1. The van der Waals surface area contributed by atoms with E-state index in [-0.39, 0.29) is 25.7 Å². The summed E-state index contributed by atoms with van der Waals surface area (Å²) in [7, 11) is -9.92. The Labute approximate surface area is 613 Å². The van der Waals surface area contributed by atoms with Crippen LogP contribution in [0.1, 0.15) is 421 Å². The number of aliphatic hydroxyl groups excluding tert-OH is 1. The SMILES string of the molecule is CCCCCCCCCCCCCCCCCCCCCCCC(=O)O[C@H](COC(=O)CCCCCCCCCCCCCCCCCC(C)C)COP(=O)(O)OC[C@@H](O)COP(=O)(O)OC[C@@H](COC(=O)CCCCCCCCC(C)CC)OC(=O)CCCCCCCCCCC(C)C. The highest BCUT2D eigenvalue weighted by molar-refractivity contribution is 7.47. The van der Waals surface area contributed by atoms with E-state index in [9.17, 15) is 43.2 Å². The van der Waals surface area contributed by atoms with E-state index in [0.29, 0.717) is 25.7 Å². The van der Waals surface area contributed by atoms with Crippen LogP contribution in [0.4, 0.5) is 0 Å². The van der Waals surface area contributed by atoms with Crippen molar-refractivity contribution in [2.24, 2.45) is 17.8 Å². The highest BCUT2D eigenvalue weighted by Crippen LogP contribution is 2.45. The summed E-state index contributed by atoms with van der Waals surface area (Å²) in [6, 6.07) is 0. The average molecular weight is 1470 g/mol. The van der Waals surface area contributed by atoms with E-state index in [1.807, 2.05) is 0 Å². The molecular formula is C81H158O17P2. The third-order valence-electron chi connectivity index (χ3n) is 19.2. The van der Waals surface area contributed by atoms with Gasteiger partial charge in [-0.05, 0) is 43.4 Å². The van der Waals surface area contributed by atoms with Gasteiger partial charge in [-0.2, -0.15) is 0 Å². The Kier molecular flexibility index (Phi) is 69.9. The summed E-state index contributed by atoms with van der Waals surface area (Å²) in [6.07, 6.45) is 59.9. The van der Waals surface area contributed by atoms with E-state index in [1.54, 1.807) is 0 Å². The van der Waals surface area contributed by atoms with Gasteiger partial charge in [0.15, 0.2) is 12.2 Å². The average Bonchev–Trinajstić information content (AvgIpc) is 0.937. The molecule has 6 atom stereocenters. The fourth-order valence-electron chi connectivity index (χ4n) is 12.5. The van der Waals surface area contributed by atoms with E-state index >= 15 is 0 Å². The standard InChI is InChI=1S/C81H158O17P2/c1-8-10-11-12-13-14-15-16-17-18-19-20-21-22-25-29-32-35-41-50-57-64-80(85)97-76(68-91-78(83)62-55-48-40-34-31-28-26-23-24-27-30-33-38-45-52-59-72(3)4)70-95-99(87,88)93-66-75(82)67-94-100(89,90)96-71-77(69-92-79(84)63-56-49-44-43-47-54-61-74(7)9-2)98-81(86)65-58-51-42-37-36-39-46-53-60-73(5)6/h72-77,82H,8-71H2,1-7H3,(H,87,88)(H,89,90)/t74?,75-,76-,77-/m1/s1. The summed E-state index contributed by atoms with van der Waals surface area (Å²) in [5, 5.41) is 10.6. The maximum Gasteiger partial charge on any atom is 0.472 e. The second kappa shape index (κ2) is 71.3. The van der Waals surface area contributed by atoms with Crippen molar-refractivity contribution in [1.29, 1.82) is 0 Å². The van der Waals surface area contributed by atoms with Gasteiger partial charge in [0.1, 0.15) is 19.3 Å².